The molecule has 2 N–H and O–H groups in total. The Morgan fingerprint density at radius 1 is 1.10 bits per heavy atom. The van der Waals surface area contributed by atoms with Gasteiger partial charge in [-0.2, -0.15) is 0 Å². The lowest BCUT2D eigenvalue weighted by molar-refractivity contribution is 0.0780. The lowest BCUT2D eigenvalue weighted by atomic mass is 9.84. The zero-order valence-corrected chi connectivity index (χ0v) is 13.7. The number of ether oxygens (including phenoxy) is 1. The summed E-state index contributed by atoms with van der Waals surface area (Å²) in [6.45, 7) is 7.38. The molecule has 1 aliphatic heterocycles. The van der Waals surface area contributed by atoms with Gasteiger partial charge in [-0.1, -0.05) is 19.8 Å². The Morgan fingerprint density at radius 2 is 1.86 bits per heavy atom. The summed E-state index contributed by atoms with van der Waals surface area (Å²) in [7, 11) is 0. The Balaban J connectivity index is 1.55. The van der Waals surface area contributed by atoms with E-state index in [1.54, 1.807) is 0 Å². The molecule has 21 heavy (non-hydrogen) atoms. The summed E-state index contributed by atoms with van der Waals surface area (Å²) in [5.74, 6) is 0.895. The molecule has 0 aromatic rings. The van der Waals surface area contributed by atoms with E-state index >= 15 is 0 Å². The van der Waals surface area contributed by atoms with Crippen molar-refractivity contribution >= 4 is 0 Å². The van der Waals surface area contributed by atoms with E-state index in [0.717, 1.165) is 31.5 Å². The van der Waals surface area contributed by atoms with Gasteiger partial charge in [-0.3, -0.25) is 0 Å². The topological polar surface area (TPSA) is 44.7 Å². The molecule has 0 amide bonds. The number of hydrogen-bond donors (Lipinski definition) is 2. The number of hydrogen-bond acceptors (Lipinski definition) is 4. The van der Waals surface area contributed by atoms with Crippen LogP contribution in [0.1, 0.15) is 51.9 Å². The summed E-state index contributed by atoms with van der Waals surface area (Å²) in [5, 5.41) is 12.3. The van der Waals surface area contributed by atoms with E-state index in [-0.39, 0.29) is 6.61 Å². The van der Waals surface area contributed by atoms with Gasteiger partial charge in [-0.25, -0.2) is 0 Å². The monoisotopic (exact) mass is 298 g/mol. The van der Waals surface area contributed by atoms with Crippen molar-refractivity contribution in [2.45, 2.75) is 64.0 Å². The Bertz CT molecular complexity index is 268. The molecule has 2 unspecified atom stereocenters. The van der Waals surface area contributed by atoms with Crippen molar-refractivity contribution < 1.29 is 9.84 Å². The largest absolute Gasteiger partial charge is 0.394 e. The fraction of sp³-hybridized carbons (Fsp3) is 1.00. The van der Waals surface area contributed by atoms with E-state index in [9.17, 15) is 0 Å². The molecule has 0 aromatic carbocycles. The molecule has 1 saturated heterocycles. The summed E-state index contributed by atoms with van der Waals surface area (Å²) in [6.07, 6.45) is 9.34. The first-order valence-corrected chi connectivity index (χ1v) is 8.97. The smallest absolute Gasteiger partial charge is 0.0697 e. The highest BCUT2D eigenvalue weighted by atomic mass is 16.5. The van der Waals surface area contributed by atoms with Crippen LogP contribution < -0.4 is 5.32 Å². The second-order valence-corrected chi connectivity index (χ2v) is 6.78. The molecule has 1 heterocycles. The number of nitrogens with one attached hydrogen (secondary N) is 1. The number of aliphatic hydroxyl groups excluding tert-OH is 1. The van der Waals surface area contributed by atoms with Crippen LogP contribution in [0, 0.1) is 5.92 Å². The fourth-order valence-corrected chi connectivity index (χ4v) is 3.92. The predicted molar refractivity (Wildman–Crippen MR) is 86.5 cm³/mol. The normalized spacial score (nSPS) is 28.9. The summed E-state index contributed by atoms with van der Waals surface area (Å²) in [4.78, 5) is 2.76. The molecule has 4 nitrogen and oxygen atoms in total. The number of aliphatic hydroxyl groups is 1. The molecule has 2 fully saturated rings. The first kappa shape index (κ1) is 17.2. The number of piperidine rings is 1. The van der Waals surface area contributed by atoms with Gasteiger partial charge < -0.3 is 20.1 Å². The van der Waals surface area contributed by atoms with Crippen molar-refractivity contribution in [2.75, 3.05) is 39.5 Å². The van der Waals surface area contributed by atoms with Gasteiger partial charge in [0.2, 0.25) is 0 Å². The molecular weight excluding hydrogens is 264 g/mol. The van der Waals surface area contributed by atoms with Crippen molar-refractivity contribution in [1.29, 1.82) is 0 Å². The van der Waals surface area contributed by atoms with Crippen molar-refractivity contribution in [3.8, 4) is 0 Å². The lowest BCUT2D eigenvalue weighted by Gasteiger charge is -2.42. The highest BCUT2D eigenvalue weighted by Gasteiger charge is 2.29. The van der Waals surface area contributed by atoms with Gasteiger partial charge in [0.05, 0.1) is 13.2 Å². The zero-order valence-electron chi connectivity index (χ0n) is 13.7. The van der Waals surface area contributed by atoms with Crippen molar-refractivity contribution in [3.05, 3.63) is 0 Å². The minimum absolute atomic E-state index is 0.130. The molecule has 4 heteroatoms. The van der Waals surface area contributed by atoms with E-state index in [2.05, 4.69) is 17.1 Å². The minimum Gasteiger partial charge on any atom is -0.394 e. The molecule has 2 rings (SSSR count). The Kier molecular flexibility index (Phi) is 8.01. The van der Waals surface area contributed by atoms with Crippen LogP contribution in [0.2, 0.25) is 0 Å². The fourth-order valence-electron chi connectivity index (χ4n) is 3.92. The number of likely N-dealkylation sites (tertiary alicyclic amines) is 1. The maximum absolute atomic E-state index is 8.63. The van der Waals surface area contributed by atoms with Crippen molar-refractivity contribution in [2.24, 2.45) is 5.92 Å². The second kappa shape index (κ2) is 9.78. The van der Waals surface area contributed by atoms with Crippen LogP contribution in [0.3, 0.4) is 0 Å². The van der Waals surface area contributed by atoms with Crippen LogP contribution in [0.15, 0.2) is 0 Å². The Hall–Kier alpha value is -0.160. The maximum atomic E-state index is 8.63. The quantitative estimate of drug-likeness (QED) is 0.673. The van der Waals surface area contributed by atoms with Gasteiger partial charge in [0.15, 0.2) is 0 Å². The molecule has 0 radical (unpaired) electrons. The molecule has 0 bridgehead atoms. The first-order valence-electron chi connectivity index (χ1n) is 8.97. The zero-order chi connectivity index (χ0) is 14.9. The Morgan fingerprint density at radius 3 is 2.57 bits per heavy atom. The lowest BCUT2D eigenvalue weighted by Crippen LogP contribution is -2.49. The van der Waals surface area contributed by atoms with Gasteiger partial charge in [0.25, 0.3) is 0 Å². The average molecular weight is 298 g/mol. The SMILES string of the molecule is CC1CCCCC1N1CCC(NCCCOCCO)CC1. The van der Waals surface area contributed by atoms with Crippen molar-refractivity contribution in [1.82, 2.24) is 10.2 Å². The third-order valence-electron chi connectivity index (χ3n) is 5.20. The average Bonchev–Trinajstić information content (AvgIpc) is 2.52. The summed E-state index contributed by atoms with van der Waals surface area (Å²) < 4.78 is 5.28. The molecular formula is C17H34N2O2. The standard InChI is InChI=1S/C17H34N2O2/c1-15-5-2-3-6-17(15)19-10-7-16(8-11-19)18-9-4-13-21-14-12-20/h15-18,20H,2-14H2,1H3. The van der Waals surface area contributed by atoms with Gasteiger partial charge in [-0.15, -0.1) is 0 Å². The predicted octanol–water partition coefficient (Wildman–Crippen LogP) is 2.02. The van der Waals surface area contributed by atoms with Crippen LogP contribution in [-0.2, 0) is 4.74 Å². The maximum Gasteiger partial charge on any atom is 0.0697 e. The number of nitrogens with zero attached hydrogens (tertiary/aromatic N) is 1. The van der Waals surface area contributed by atoms with E-state index in [1.165, 1.54) is 51.6 Å². The summed E-state index contributed by atoms with van der Waals surface area (Å²) in [6, 6.07) is 1.55. The first-order chi connectivity index (χ1) is 10.3. The van der Waals surface area contributed by atoms with E-state index in [4.69, 9.17) is 9.84 Å². The molecule has 1 saturated carbocycles. The van der Waals surface area contributed by atoms with Crippen LogP contribution in [0.5, 0.6) is 0 Å². The van der Waals surface area contributed by atoms with Crippen LogP contribution in [0.4, 0.5) is 0 Å². The molecule has 0 aromatic heterocycles. The molecule has 2 aliphatic rings. The van der Waals surface area contributed by atoms with E-state index in [0.29, 0.717) is 12.6 Å². The van der Waals surface area contributed by atoms with Gasteiger partial charge in [0, 0.05) is 18.7 Å². The summed E-state index contributed by atoms with van der Waals surface area (Å²) in [5.41, 5.74) is 0. The molecule has 124 valence electrons. The van der Waals surface area contributed by atoms with Gasteiger partial charge in [0.1, 0.15) is 0 Å². The molecule has 1 aliphatic carbocycles. The third kappa shape index (κ3) is 5.85. The molecule has 0 spiro atoms. The Labute approximate surface area is 130 Å². The van der Waals surface area contributed by atoms with Crippen molar-refractivity contribution in [3.63, 3.8) is 0 Å². The van der Waals surface area contributed by atoms with Crippen LogP contribution in [0.25, 0.3) is 0 Å². The van der Waals surface area contributed by atoms with Crippen LogP contribution >= 0.6 is 0 Å². The number of rotatable bonds is 8. The molecule has 2 atom stereocenters. The van der Waals surface area contributed by atoms with E-state index in [1.807, 2.05) is 0 Å². The van der Waals surface area contributed by atoms with Gasteiger partial charge in [-0.05, 0) is 57.7 Å². The highest BCUT2D eigenvalue weighted by molar-refractivity contribution is 4.86. The highest BCUT2D eigenvalue weighted by Crippen LogP contribution is 2.29. The van der Waals surface area contributed by atoms with Gasteiger partial charge >= 0.3 is 0 Å². The second-order valence-electron chi connectivity index (χ2n) is 6.78. The summed E-state index contributed by atoms with van der Waals surface area (Å²) >= 11 is 0. The minimum atomic E-state index is 0.130. The van der Waals surface area contributed by atoms with E-state index < -0.39 is 0 Å². The third-order valence-corrected chi connectivity index (χ3v) is 5.20. The van der Waals surface area contributed by atoms with Crippen LogP contribution in [-0.4, -0.2) is 61.5 Å².